The minimum absolute atomic E-state index is 0.0406. The highest BCUT2D eigenvalue weighted by Crippen LogP contribution is 2.29. The van der Waals surface area contributed by atoms with Crippen LogP contribution in [0.2, 0.25) is 0 Å². The number of hydrogen-bond acceptors (Lipinski definition) is 2. The van der Waals surface area contributed by atoms with Gasteiger partial charge in [0.05, 0.1) is 6.61 Å². The van der Waals surface area contributed by atoms with Crippen LogP contribution in [0.4, 0.5) is 13.2 Å². The minimum Gasteiger partial charge on any atom is -0.493 e. The van der Waals surface area contributed by atoms with Crippen LogP contribution in [0.5, 0.6) is 5.75 Å². The Hall–Kier alpha value is -0.750. The summed E-state index contributed by atoms with van der Waals surface area (Å²) in [6.07, 6.45) is -4.36. The van der Waals surface area contributed by atoms with Crippen molar-refractivity contribution in [3.8, 4) is 5.75 Å². The topological polar surface area (TPSA) is 35.2 Å². The van der Waals surface area contributed by atoms with E-state index >= 15 is 0 Å². The standard InChI is InChI=1S/C13H17BrF3NO/c1-9-7-11(14)8-10(3-5-18)12(9)19-6-2-4-13(15,16)17/h7-8H,2-6,18H2,1H3. The molecule has 0 bridgehead atoms. The third-order valence-corrected chi connectivity index (χ3v) is 3.04. The van der Waals surface area contributed by atoms with Gasteiger partial charge in [-0.05, 0) is 49.6 Å². The molecule has 6 heteroatoms. The molecule has 0 aliphatic rings. The molecule has 2 nitrogen and oxygen atoms in total. The maximum absolute atomic E-state index is 12.0. The predicted molar refractivity (Wildman–Crippen MR) is 72.4 cm³/mol. The summed E-state index contributed by atoms with van der Waals surface area (Å²) in [7, 11) is 0. The van der Waals surface area contributed by atoms with E-state index in [1.807, 2.05) is 19.1 Å². The lowest BCUT2D eigenvalue weighted by Crippen LogP contribution is -2.11. The van der Waals surface area contributed by atoms with Gasteiger partial charge in [-0.1, -0.05) is 15.9 Å². The lowest BCUT2D eigenvalue weighted by molar-refractivity contribution is -0.136. The van der Waals surface area contributed by atoms with Gasteiger partial charge in [0.2, 0.25) is 0 Å². The molecular weight excluding hydrogens is 323 g/mol. The summed E-state index contributed by atoms with van der Waals surface area (Å²) in [5.74, 6) is 0.649. The van der Waals surface area contributed by atoms with Crippen molar-refractivity contribution in [3.05, 3.63) is 27.7 Å². The first-order chi connectivity index (χ1) is 8.83. The second kappa shape index (κ2) is 7.14. The van der Waals surface area contributed by atoms with Gasteiger partial charge in [-0.3, -0.25) is 0 Å². The van der Waals surface area contributed by atoms with Crippen molar-refractivity contribution in [1.82, 2.24) is 0 Å². The normalized spacial score (nSPS) is 11.7. The highest BCUT2D eigenvalue weighted by molar-refractivity contribution is 9.10. The number of alkyl halides is 3. The zero-order valence-electron chi connectivity index (χ0n) is 10.7. The molecule has 0 fully saturated rings. The fraction of sp³-hybridized carbons (Fsp3) is 0.538. The zero-order chi connectivity index (χ0) is 14.5. The van der Waals surface area contributed by atoms with Gasteiger partial charge in [0.1, 0.15) is 5.75 Å². The molecule has 108 valence electrons. The van der Waals surface area contributed by atoms with Crippen molar-refractivity contribution >= 4 is 15.9 Å². The molecule has 0 unspecified atom stereocenters. The number of benzene rings is 1. The van der Waals surface area contributed by atoms with E-state index in [1.54, 1.807) is 0 Å². The molecule has 0 amide bonds. The summed E-state index contributed by atoms with van der Waals surface area (Å²) in [5.41, 5.74) is 7.33. The smallest absolute Gasteiger partial charge is 0.389 e. The summed E-state index contributed by atoms with van der Waals surface area (Å²) in [6, 6.07) is 3.76. The number of ether oxygens (including phenoxy) is 1. The Balaban J connectivity index is 2.66. The summed E-state index contributed by atoms with van der Waals surface area (Å²) < 4.78 is 42.5. The first-order valence-electron chi connectivity index (χ1n) is 6.02. The summed E-state index contributed by atoms with van der Waals surface area (Å²) in [6.45, 7) is 2.39. The van der Waals surface area contributed by atoms with Crippen LogP contribution in [-0.4, -0.2) is 19.3 Å². The van der Waals surface area contributed by atoms with Gasteiger partial charge in [0.15, 0.2) is 0 Å². The van der Waals surface area contributed by atoms with Crippen LogP contribution in [0.25, 0.3) is 0 Å². The largest absolute Gasteiger partial charge is 0.493 e. The second-order valence-corrected chi connectivity index (χ2v) is 5.23. The van der Waals surface area contributed by atoms with Crippen molar-refractivity contribution < 1.29 is 17.9 Å². The van der Waals surface area contributed by atoms with Gasteiger partial charge in [0.25, 0.3) is 0 Å². The molecule has 1 rings (SSSR count). The zero-order valence-corrected chi connectivity index (χ0v) is 12.3. The molecule has 0 atom stereocenters. The molecule has 0 spiro atoms. The van der Waals surface area contributed by atoms with Crippen LogP contribution in [0.15, 0.2) is 16.6 Å². The van der Waals surface area contributed by atoms with Gasteiger partial charge in [-0.2, -0.15) is 13.2 Å². The van der Waals surface area contributed by atoms with E-state index in [9.17, 15) is 13.2 Å². The quantitative estimate of drug-likeness (QED) is 0.795. The van der Waals surface area contributed by atoms with E-state index in [-0.39, 0.29) is 13.0 Å². The molecule has 19 heavy (non-hydrogen) atoms. The molecule has 0 radical (unpaired) electrons. The molecule has 1 aromatic carbocycles. The summed E-state index contributed by atoms with van der Waals surface area (Å²) in [4.78, 5) is 0. The van der Waals surface area contributed by atoms with E-state index in [0.29, 0.717) is 18.7 Å². The fourth-order valence-electron chi connectivity index (χ4n) is 1.79. The Labute approximate surface area is 119 Å². The summed E-state index contributed by atoms with van der Waals surface area (Å²) >= 11 is 3.38. The number of rotatable bonds is 6. The lowest BCUT2D eigenvalue weighted by atomic mass is 10.1. The van der Waals surface area contributed by atoms with Crippen LogP contribution in [0, 0.1) is 6.92 Å². The van der Waals surface area contributed by atoms with Gasteiger partial charge in [-0.25, -0.2) is 0 Å². The van der Waals surface area contributed by atoms with Crippen LogP contribution >= 0.6 is 15.9 Å². The van der Waals surface area contributed by atoms with Gasteiger partial charge >= 0.3 is 6.18 Å². The predicted octanol–water partition coefficient (Wildman–Crippen LogP) is 3.98. The van der Waals surface area contributed by atoms with Crippen molar-refractivity contribution in [2.24, 2.45) is 5.73 Å². The van der Waals surface area contributed by atoms with E-state index in [4.69, 9.17) is 10.5 Å². The van der Waals surface area contributed by atoms with Crippen molar-refractivity contribution in [2.45, 2.75) is 32.4 Å². The van der Waals surface area contributed by atoms with Crippen molar-refractivity contribution in [1.29, 1.82) is 0 Å². The number of halogens is 4. The Bertz CT molecular complexity index is 421. The number of hydrogen-bond donors (Lipinski definition) is 1. The highest BCUT2D eigenvalue weighted by Gasteiger charge is 2.26. The van der Waals surface area contributed by atoms with E-state index in [1.165, 1.54) is 0 Å². The van der Waals surface area contributed by atoms with Crippen LogP contribution in [0.1, 0.15) is 24.0 Å². The van der Waals surface area contributed by atoms with Gasteiger partial charge in [-0.15, -0.1) is 0 Å². The molecule has 0 aliphatic carbocycles. The first-order valence-corrected chi connectivity index (χ1v) is 6.81. The molecule has 0 aromatic heterocycles. The van der Waals surface area contributed by atoms with Gasteiger partial charge < -0.3 is 10.5 Å². The monoisotopic (exact) mass is 339 g/mol. The van der Waals surface area contributed by atoms with E-state index in [2.05, 4.69) is 15.9 Å². The lowest BCUT2D eigenvalue weighted by Gasteiger charge is -2.15. The minimum atomic E-state index is -4.13. The maximum atomic E-state index is 12.0. The molecule has 0 saturated carbocycles. The molecule has 0 heterocycles. The third-order valence-electron chi connectivity index (χ3n) is 2.58. The number of aryl methyl sites for hydroxylation is 1. The Morgan fingerprint density at radius 2 is 2.00 bits per heavy atom. The maximum Gasteiger partial charge on any atom is 0.389 e. The Morgan fingerprint density at radius 1 is 1.32 bits per heavy atom. The first kappa shape index (κ1) is 16.3. The Kier molecular flexibility index (Phi) is 6.13. The Morgan fingerprint density at radius 3 is 2.58 bits per heavy atom. The molecule has 1 aromatic rings. The van der Waals surface area contributed by atoms with Crippen molar-refractivity contribution in [3.63, 3.8) is 0 Å². The number of nitrogens with two attached hydrogens (primary N) is 1. The summed E-state index contributed by atoms with van der Waals surface area (Å²) in [5, 5.41) is 0. The third kappa shape index (κ3) is 5.82. The molecule has 0 saturated heterocycles. The molecule has 2 N–H and O–H groups in total. The second-order valence-electron chi connectivity index (χ2n) is 4.32. The van der Waals surface area contributed by atoms with Crippen molar-refractivity contribution in [2.75, 3.05) is 13.2 Å². The van der Waals surface area contributed by atoms with E-state index < -0.39 is 12.6 Å². The van der Waals surface area contributed by atoms with Gasteiger partial charge in [0, 0.05) is 10.9 Å². The van der Waals surface area contributed by atoms with Crippen LogP contribution < -0.4 is 10.5 Å². The molecule has 0 aliphatic heterocycles. The molecular formula is C13H17BrF3NO. The SMILES string of the molecule is Cc1cc(Br)cc(CCN)c1OCCCC(F)(F)F. The fourth-order valence-corrected chi connectivity index (χ4v) is 2.41. The van der Waals surface area contributed by atoms with E-state index in [0.717, 1.165) is 15.6 Å². The highest BCUT2D eigenvalue weighted by atomic mass is 79.9. The average molecular weight is 340 g/mol. The van der Waals surface area contributed by atoms with Crippen LogP contribution in [0.3, 0.4) is 0 Å². The van der Waals surface area contributed by atoms with Crippen LogP contribution in [-0.2, 0) is 6.42 Å². The average Bonchev–Trinajstić information content (AvgIpc) is 2.25.